The third-order valence-corrected chi connectivity index (χ3v) is 3.02. The van der Waals surface area contributed by atoms with Crippen molar-refractivity contribution in [1.29, 1.82) is 0 Å². The standard InChI is InChI=1S/C15H21NO2/c1-15(2,3)9-14(17)16-10-13(18-11-16)12-7-5-4-6-8-12/h4-8,13H,9-11H2,1-3H3. The summed E-state index contributed by atoms with van der Waals surface area (Å²) in [6, 6.07) is 10.1. The van der Waals surface area contributed by atoms with E-state index < -0.39 is 0 Å². The molecule has 1 amide bonds. The molecule has 3 nitrogen and oxygen atoms in total. The van der Waals surface area contributed by atoms with Crippen molar-refractivity contribution in [1.82, 2.24) is 4.90 Å². The zero-order chi connectivity index (χ0) is 13.2. The van der Waals surface area contributed by atoms with Crippen molar-refractivity contribution in [3.63, 3.8) is 0 Å². The van der Waals surface area contributed by atoms with E-state index in [1.165, 1.54) is 0 Å². The SMILES string of the molecule is CC(C)(C)CC(=O)N1COC(c2ccccc2)C1. The van der Waals surface area contributed by atoms with E-state index in [1.807, 2.05) is 35.2 Å². The molecule has 0 aliphatic carbocycles. The highest BCUT2D eigenvalue weighted by atomic mass is 16.5. The molecule has 0 bridgehead atoms. The van der Waals surface area contributed by atoms with Crippen LogP contribution in [0.5, 0.6) is 0 Å². The molecule has 0 spiro atoms. The van der Waals surface area contributed by atoms with Gasteiger partial charge in [0.25, 0.3) is 0 Å². The quantitative estimate of drug-likeness (QED) is 0.804. The van der Waals surface area contributed by atoms with Gasteiger partial charge in [-0.2, -0.15) is 0 Å². The van der Waals surface area contributed by atoms with E-state index in [9.17, 15) is 4.79 Å². The molecule has 0 saturated carbocycles. The molecule has 1 heterocycles. The second kappa shape index (κ2) is 5.11. The maximum absolute atomic E-state index is 12.1. The number of amides is 1. The summed E-state index contributed by atoms with van der Waals surface area (Å²) in [6.07, 6.45) is 0.591. The van der Waals surface area contributed by atoms with Gasteiger partial charge in [-0.05, 0) is 11.0 Å². The second-order valence-electron chi connectivity index (χ2n) is 6.05. The third kappa shape index (κ3) is 3.33. The van der Waals surface area contributed by atoms with Crippen molar-refractivity contribution in [2.45, 2.75) is 33.3 Å². The summed E-state index contributed by atoms with van der Waals surface area (Å²) in [5, 5.41) is 0. The lowest BCUT2D eigenvalue weighted by Gasteiger charge is -2.21. The molecule has 18 heavy (non-hydrogen) atoms. The lowest BCUT2D eigenvalue weighted by Crippen LogP contribution is -2.31. The van der Waals surface area contributed by atoms with Gasteiger partial charge in [0.15, 0.2) is 0 Å². The van der Waals surface area contributed by atoms with Gasteiger partial charge < -0.3 is 9.64 Å². The van der Waals surface area contributed by atoms with Crippen molar-refractivity contribution >= 4 is 5.91 Å². The number of hydrogen-bond donors (Lipinski definition) is 0. The maximum Gasteiger partial charge on any atom is 0.225 e. The molecule has 2 rings (SSSR count). The number of benzene rings is 1. The monoisotopic (exact) mass is 247 g/mol. The molecule has 1 aromatic rings. The first-order valence-corrected chi connectivity index (χ1v) is 6.40. The lowest BCUT2D eigenvalue weighted by molar-refractivity contribution is -0.133. The minimum absolute atomic E-state index is 0.0233. The summed E-state index contributed by atoms with van der Waals surface area (Å²) in [5.74, 6) is 0.181. The normalized spacial score (nSPS) is 20.2. The van der Waals surface area contributed by atoms with Crippen molar-refractivity contribution < 1.29 is 9.53 Å². The number of nitrogens with zero attached hydrogens (tertiary/aromatic N) is 1. The van der Waals surface area contributed by atoms with Gasteiger partial charge in [0.05, 0.1) is 6.54 Å². The molecule has 0 N–H and O–H groups in total. The van der Waals surface area contributed by atoms with E-state index in [0.29, 0.717) is 19.7 Å². The Bertz CT molecular complexity index is 408. The van der Waals surface area contributed by atoms with Crippen molar-refractivity contribution in [2.24, 2.45) is 5.41 Å². The van der Waals surface area contributed by atoms with Crippen LogP contribution in [0.15, 0.2) is 30.3 Å². The van der Waals surface area contributed by atoms with Crippen molar-refractivity contribution in [3.8, 4) is 0 Å². The maximum atomic E-state index is 12.1. The Hall–Kier alpha value is -1.35. The average molecular weight is 247 g/mol. The molecule has 1 unspecified atom stereocenters. The summed E-state index contributed by atoms with van der Waals surface area (Å²) >= 11 is 0. The highest BCUT2D eigenvalue weighted by Crippen LogP contribution is 2.27. The van der Waals surface area contributed by atoms with Crippen LogP contribution in [0.25, 0.3) is 0 Å². The predicted molar refractivity (Wildman–Crippen MR) is 70.9 cm³/mol. The Morgan fingerprint density at radius 1 is 1.33 bits per heavy atom. The fraction of sp³-hybridized carbons (Fsp3) is 0.533. The third-order valence-electron chi connectivity index (χ3n) is 3.02. The van der Waals surface area contributed by atoms with E-state index in [2.05, 4.69) is 20.8 Å². The number of ether oxygens (including phenoxy) is 1. The highest BCUT2D eigenvalue weighted by Gasteiger charge is 2.29. The largest absolute Gasteiger partial charge is 0.351 e. The Labute approximate surface area is 109 Å². The van der Waals surface area contributed by atoms with Crippen LogP contribution in [0, 0.1) is 5.41 Å². The lowest BCUT2D eigenvalue weighted by atomic mass is 9.91. The van der Waals surface area contributed by atoms with E-state index >= 15 is 0 Å². The fourth-order valence-corrected chi connectivity index (χ4v) is 2.09. The van der Waals surface area contributed by atoms with Crippen LogP contribution in [0.4, 0.5) is 0 Å². The predicted octanol–water partition coefficient (Wildman–Crippen LogP) is 2.98. The smallest absolute Gasteiger partial charge is 0.225 e. The van der Waals surface area contributed by atoms with Gasteiger partial charge in [-0.25, -0.2) is 0 Å². The van der Waals surface area contributed by atoms with Crippen molar-refractivity contribution in [3.05, 3.63) is 35.9 Å². The first-order valence-electron chi connectivity index (χ1n) is 6.40. The minimum Gasteiger partial charge on any atom is -0.351 e. The van der Waals surface area contributed by atoms with Crippen LogP contribution in [-0.2, 0) is 9.53 Å². The number of hydrogen-bond acceptors (Lipinski definition) is 2. The molecule has 0 radical (unpaired) electrons. The molecule has 0 aromatic heterocycles. The number of carbonyl (C=O) groups is 1. The van der Waals surface area contributed by atoms with Gasteiger partial charge in [0, 0.05) is 6.42 Å². The Morgan fingerprint density at radius 3 is 2.61 bits per heavy atom. The van der Waals surface area contributed by atoms with E-state index in [4.69, 9.17) is 4.74 Å². The van der Waals surface area contributed by atoms with Crippen LogP contribution in [0.2, 0.25) is 0 Å². The first kappa shape index (κ1) is 13.1. The van der Waals surface area contributed by atoms with E-state index in [-0.39, 0.29) is 17.4 Å². The summed E-state index contributed by atoms with van der Waals surface area (Å²) in [6.45, 7) is 7.32. The molecule has 3 heteroatoms. The molecular weight excluding hydrogens is 226 g/mol. The van der Waals surface area contributed by atoms with Crippen LogP contribution >= 0.6 is 0 Å². The first-order chi connectivity index (χ1) is 8.46. The zero-order valence-electron chi connectivity index (χ0n) is 11.3. The Balaban J connectivity index is 1.95. The Kier molecular flexibility index (Phi) is 3.71. The molecule has 98 valence electrons. The molecule has 1 atom stereocenters. The summed E-state index contributed by atoms with van der Waals surface area (Å²) < 4.78 is 5.69. The zero-order valence-corrected chi connectivity index (χ0v) is 11.3. The van der Waals surface area contributed by atoms with Crippen LogP contribution in [0.3, 0.4) is 0 Å². The molecule has 1 fully saturated rings. The summed E-state index contributed by atoms with van der Waals surface area (Å²) in [4.78, 5) is 13.9. The van der Waals surface area contributed by atoms with Gasteiger partial charge in [-0.3, -0.25) is 4.79 Å². The molecule has 1 aliphatic rings. The molecule has 1 saturated heterocycles. The van der Waals surface area contributed by atoms with E-state index in [0.717, 1.165) is 5.56 Å². The number of carbonyl (C=O) groups excluding carboxylic acids is 1. The highest BCUT2D eigenvalue weighted by molar-refractivity contribution is 5.77. The van der Waals surface area contributed by atoms with Gasteiger partial charge in [0.1, 0.15) is 12.8 Å². The van der Waals surface area contributed by atoms with Gasteiger partial charge >= 0.3 is 0 Å². The second-order valence-corrected chi connectivity index (χ2v) is 6.05. The van der Waals surface area contributed by atoms with Crippen LogP contribution in [0.1, 0.15) is 38.9 Å². The summed E-state index contributed by atoms with van der Waals surface area (Å²) in [7, 11) is 0. The fourth-order valence-electron chi connectivity index (χ4n) is 2.09. The van der Waals surface area contributed by atoms with Crippen LogP contribution in [-0.4, -0.2) is 24.1 Å². The topological polar surface area (TPSA) is 29.5 Å². The molecule has 1 aliphatic heterocycles. The minimum atomic E-state index is 0.0233. The van der Waals surface area contributed by atoms with Crippen molar-refractivity contribution in [2.75, 3.05) is 13.3 Å². The van der Waals surface area contributed by atoms with Crippen LogP contribution < -0.4 is 0 Å². The van der Waals surface area contributed by atoms with Gasteiger partial charge in [-0.15, -0.1) is 0 Å². The summed E-state index contributed by atoms with van der Waals surface area (Å²) in [5.41, 5.74) is 1.17. The van der Waals surface area contributed by atoms with E-state index in [1.54, 1.807) is 0 Å². The van der Waals surface area contributed by atoms with Gasteiger partial charge in [0.2, 0.25) is 5.91 Å². The average Bonchev–Trinajstić information content (AvgIpc) is 2.77. The molecule has 1 aromatic carbocycles. The Morgan fingerprint density at radius 2 is 2.00 bits per heavy atom. The molecular formula is C15H21NO2. The number of rotatable bonds is 2. The van der Waals surface area contributed by atoms with Gasteiger partial charge in [-0.1, -0.05) is 51.1 Å².